The zero-order valence-electron chi connectivity index (χ0n) is 8.65. The molecule has 0 bridgehead atoms. The molecule has 6 N–H and O–H groups in total. The average Bonchev–Trinajstić information content (AvgIpc) is 2.04. The molecule has 0 aromatic rings. The number of aliphatic carboxylic acids is 1. The van der Waals surface area contributed by atoms with E-state index in [1.165, 1.54) is 6.92 Å². The van der Waals surface area contributed by atoms with Crippen molar-refractivity contribution in [2.45, 2.75) is 13.3 Å². The fraction of sp³-hybridized carbons (Fsp3) is 0.571. The quantitative estimate of drug-likeness (QED) is 0.237. The van der Waals surface area contributed by atoms with Gasteiger partial charge in [0.05, 0.1) is 14.1 Å². The molecule has 0 saturated heterocycles. The Hall–Kier alpha value is -1.79. The van der Waals surface area contributed by atoms with Gasteiger partial charge in [-0.25, -0.2) is 0 Å². The fourth-order valence-electron chi connectivity index (χ4n) is 0.232. The number of carbonyl (C=O) groups excluding carboxylic acids is 1. The number of nitrogens with two attached hydrogens (primary N) is 3. The Labute approximate surface area is 82.9 Å². The third-order valence-corrected chi connectivity index (χ3v) is 0.991. The summed E-state index contributed by atoms with van der Waals surface area (Å²) in [6, 6.07) is 0. The number of carbonyl (C=O) groups is 1. The number of hydrogen-bond donors (Lipinski definition) is 3. The van der Waals surface area contributed by atoms with Crippen molar-refractivity contribution in [3.63, 3.8) is 0 Å². The maximum absolute atomic E-state index is 9.26. The first kappa shape index (κ1) is 14.7. The van der Waals surface area contributed by atoms with E-state index in [9.17, 15) is 9.90 Å². The molecular formula is C7H17N5O2. The van der Waals surface area contributed by atoms with Crippen LogP contribution in [0.4, 0.5) is 0 Å². The minimum atomic E-state index is -0.995. The second-order valence-electron chi connectivity index (χ2n) is 2.51. The first-order chi connectivity index (χ1) is 6.31. The molecule has 7 nitrogen and oxygen atoms in total. The second-order valence-corrected chi connectivity index (χ2v) is 2.51. The summed E-state index contributed by atoms with van der Waals surface area (Å²) in [6.07, 6.45) is 0.111. The van der Waals surface area contributed by atoms with Crippen LogP contribution in [0, 0.1) is 0 Å². The van der Waals surface area contributed by atoms with Crippen LogP contribution >= 0.6 is 0 Å². The molecule has 0 aliphatic carbocycles. The number of hydrogen-bond acceptors (Lipinski definition) is 2. The van der Waals surface area contributed by atoms with Gasteiger partial charge in [0.15, 0.2) is 0 Å². The van der Waals surface area contributed by atoms with Gasteiger partial charge in [-0.15, -0.1) is 0 Å². The Morgan fingerprint density at radius 2 is 1.71 bits per heavy atom. The average molecular weight is 203 g/mol. The van der Waals surface area contributed by atoms with Crippen LogP contribution in [0.3, 0.4) is 0 Å². The van der Waals surface area contributed by atoms with Gasteiger partial charge < -0.3 is 21.4 Å². The number of carboxylic acid groups (broad SMARTS) is 1. The lowest BCUT2D eigenvalue weighted by atomic mass is 10.5. The lowest BCUT2D eigenvalue weighted by Crippen LogP contribution is -2.29. The smallest absolute Gasteiger partial charge is 0.387 e. The van der Waals surface area contributed by atoms with E-state index in [4.69, 9.17) is 17.2 Å². The van der Waals surface area contributed by atoms with Crippen molar-refractivity contribution in [1.82, 2.24) is 0 Å². The van der Waals surface area contributed by atoms with E-state index in [0.29, 0.717) is 5.96 Å². The van der Waals surface area contributed by atoms with Gasteiger partial charge in [-0.2, -0.15) is 0 Å². The molecule has 14 heavy (non-hydrogen) atoms. The zero-order chi connectivity index (χ0) is 11.7. The van der Waals surface area contributed by atoms with E-state index in [1.807, 2.05) is 0 Å². The van der Waals surface area contributed by atoms with Crippen LogP contribution < -0.4 is 22.3 Å². The molecule has 0 saturated carbocycles. The lowest BCUT2D eigenvalue weighted by molar-refractivity contribution is -0.466. The Balaban J connectivity index is 0. The molecule has 0 rings (SSSR count). The number of rotatable bonds is 1. The number of guanidine groups is 2. The topological polar surface area (TPSA) is 134 Å². The Kier molecular flexibility index (Phi) is 8.24. The molecule has 0 amide bonds. The van der Waals surface area contributed by atoms with Crippen LogP contribution in [0.1, 0.15) is 13.3 Å². The van der Waals surface area contributed by atoms with E-state index >= 15 is 0 Å². The highest BCUT2D eigenvalue weighted by Gasteiger charge is 1.97. The largest absolute Gasteiger partial charge is 0.550 e. The number of carboxylic acids is 1. The molecule has 0 fully saturated rings. The Bertz CT molecular complexity index is 238. The van der Waals surface area contributed by atoms with Crippen LogP contribution in [0.15, 0.2) is 4.99 Å². The molecule has 0 atom stereocenters. The minimum absolute atomic E-state index is 0.0267. The van der Waals surface area contributed by atoms with E-state index in [0.717, 1.165) is 0 Å². The summed E-state index contributed by atoms with van der Waals surface area (Å²) < 4.78 is 1.61. The van der Waals surface area contributed by atoms with E-state index in [-0.39, 0.29) is 12.4 Å². The summed E-state index contributed by atoms with van der Waals surface area (Å²) in [4.78, 5) is 12.8. The van der Waals surface area contributed by atoms with Crippen molar-refractivity contribution in [1.29, 1.82) is 0 Å². The monoisotopic (exact) mass is 203 g/mol. The highest BCUT2D eigenvalue weighted by molar-refractivity contribution is 5.89. The number of aliphatic imine (C=N–C) groups is 1. The summed E-state index contributed by atoms with van der Waals surface area (Å²) in [7, 11) is 3.50. The molecule has 0 spiro atoms. The van der Waals surface area contributed by atoms with Crippen LogP contribution in [-0.4, -0.2) is 36.6 Å². The van der Waals surface area contributed by atoms with Gasteiger partial charge in [0.25, 0.3) is 5.96 Å². The zero-order valence-corrected chi connectivity index (χ0v) is 8.65. The van der Waals surface area contributed by atoms with Crippen LogP contribution in [0.25, 0.3) is 0 Å². The molecule has 7 heteroatoms. The summed E-state index contributed by atoms with van der Waals surface area (Å²) in [5.74, 6) is -0.721. The highest BCUT2D eigenvalue weighted by atomic mass is 16.4. The van der Waals surface area contributed by atoms with Crippen LogP contribution in [0.5, 0.6) is 0 Å². The van der Waals surface area contributed by atoms with Crippen molar-refractivity contribution in [3.05, 3.63) is 0 Å². The molecule has 0 heterocycles. The SMILES string of the molecule is CCC(=O)[O-].C[N+](C)=C(N)N=C(N)N. The van der Waals surface area contributed by atoms with Gasteiger partial charge >= 0.3 is 5.96 Å². The van der Waals surface area contributed by atoms with E-state index in [2.05, 4.69) is 4.99 Å². The summed E-state index contributed by atoms with van der Waals surface area (Å²) in [6.45, 7) is 1.54. The van der Waals surface area contributed by atoms with Gasteiger partial charge in [-0.3, -0.25) is 10.3 Å². The number of nitrogens with zero attached hydrogens (tertiary/aromatic N) is 2. The lowest BCUT2D eigenvalue weighted by Gasteiger charge is -1.88. The first-order valence-corrected chi connectivity index (χ1v) is 3.90. The Morgan fingerprint density at radius 3 is 1.79 bits per heavy atom. The van der Waals surface area contributed by atoms with Crippen molar-refractivity contribution in [2.75, 3.05) is 14.1 Å². The predicted octanol–water partition coefficient (Wildman–Crippen LogP) is -3.01. The molecule has 82 valence electrons. The highest BCUT2D eigenvalue weighted by Crippen LogP contribution is 1.64. The van der Waals surface area contributed by atoms with Crippen molar-refractivity contribution in [2.24, 2.45) is 22.2 Å². The molecule has 0 aliphatic heterocycles. The van der Waals surface area contributed by atoms with Crippen LogP contribution in [0.2, 0.25) is 0 Å². The third kappa shape index (κ3) is 12.8. The molecule has 0 unspecified atom stereocenters. The summed E-state index contributed by atoms with van der Waals surface area (Å²) >= 11 is 0. The first-order valence-electron chi connectivity index (χ1n) is 3.90. The molecule has 0 radical (unpaired) electrons. The summed E-state index contributed by atoms with van der Waals surface area (Å²) in [5.41, 5.74) is 15.4. The third-order valence-electron chi connectivity index (χ3n) is 0.991. The van der Waals surface area contributed by atoms with Crippen molar-refractivity contribution in [3.8, 4) is 0 Å². The predicted molar refractivity (Wildman–Crippen MR) is 52.4 cm³/mol. The van der Waals surface area contributed by atoms with Crippen molar-refractivity contribution >= 4 is 17.9 Å². The van der Waals surface area contributed by atoms with Gasteiger partial charge in [-0.05, 0) is 11.4 Å². The van der Waals surface area contributed by atoms with Crippen molar-refractivity contribution < 1.29 is 14.5 Å². The normalized spacial score (nSPS) is 7.93. The molecule has 0 aromatic heterocycles. The maximum atomic E-state index is 9.26. The molecule has 0 aromatic carbocycles. The second kappa shape index (κ2) is 7.84. The maximum Gasteiger partial charge on any atom is 0.387 e. The van der Waals surface area contributed by atoms with E-state index in [1.54, 1.807) is 18.7 Å². The van der Waals surface area contributed by atoms with Gasteiger partial charge in [0.2, 0.25) is 0 Å². The van der Waals surface area contributed by atoms with Gasteiger partial charge in [0.1, 0.15) is 0 Å². The standard InChI is InChI=1S/C4H11N5.C3H6O2/c1-9(2)4(7)8-3(5)6;1-2-3(4)5/h1-2H3,(H5,5,6,7,8);2H2,1H3,(H,4,5). The molecule has 0 aliphatic rings. The Morgan fingerprint density at radius 1 is 1.36 bits per heavy atom. The van der Waals surface area contributed by atoms with Gasteiger partial charge in [0, 0.05) is 5.97 Å². The van der Waals surface area contributed by atoms with E-state index < -0.39 is 5.97 Å². The molecular weight excluding hydrogens is 186 g/mol. The summed E-state index contributed by atoms with van der Waals surface area (Å²) in [5, 5.41) is 9.26. The fourth-order valence-corrected chi connectivity index (χ4v) is 0.232. The van der Waals surface area contributed by atoms with Gasteiger partial charge in [-0.1, -0.05) is 6.92 Å². The van der Waals surface area contributed by atoms with Crippen LogP contribution in [-0.2, 0) is 4.79 Å². The minimum Gasteiger partial charge on any atom is -0.550 e.